The third kappa shape index (κ3) is 3.84. The summed E-state index contributed by atoms with van der Waals surface area (Å²) in [5.41, 5.74) is 0.0723. The van der Waals surface area contributed by atoms with E-state index in [1.807, 2.05) is 0 Å². The number of halogens is 2. The highest BCUT2D eigenvalue weighted by Gasteiger charge is 2.12. The monoisotopic (exact) mass is 256 g/mol. The fourth-order valence-corrected chi connectivity index (χ4v) is 1.28. The van der Waals surface area contributed by atoms with Crippen LogP contribution in [-0.4, -0.2) is 19.2 Å². The number of benzene rings is 1. The second-order valence-electron chi connectivity index (χ2n) is 3.42. The van der Waals surface area contributed by atoms with E-state index >= 15 is 0 Å². The number of hydrogen-bond acceptors (Lipinski definition) is 3. The summed E-state index contributed by atoms with van der Waals surface area (Å²) in [7, 11) is 0. The highest BCUT2D eigenvalue weighted by molar-refractivity contribution is 5.66. The zero-order valence-electron chi connectivity index (χ0n) is 10.2. The molecule has 0 bridgehead atoms. The topological polar surface area (TPSA) is 35.5 Å². The second-order valence-corrected chi connectivity index (χ2v) is 3.42. The number of ether oxygens (including phenoxy) is 2. The van der Waals surface area contributed by atoms with Gasteiger partial charge in [-0.1, -0.05) is 6.08 Å². The molecule has 3 nitrogen and oxygen atoms in total. The number of hydrogen-bond donors (Lipinski definition) is 0. The Kier molecular flexibility index (Phi) is 5.30. The van der Waals surface area contributed by atoms with E-state index in [-0.39, 0.29) is 24.5 Å². The van der Waals surface area contributed by atoms with Crippen LogP contribution in [0.1, 0.15) is 19.4 Å². The molecule has 0 amide bonds. The van der Waals surface area contributed by atoms with Crippen molar-refractivity contribution >= 4 is 12.0 Å². The van der Waals surface area contributed by atoms with E-state index in [1.54, 1.807) is 6.92 Å². The van der Waals surface area contributed by atoms with Crippen molar-refractivity contribution in [3.63, 3.8) is 0 Å². The Hall–Kier alpha value is -1.91. The first-order valence-electron chi connectivity index (χ1n) is 5.47. The molecule has 0 fully saturated rings. The van der Waals surface area contributed by atoms with Gasteiger partial charge in [-0.2, -0.15) is 4.39 Å². The van der Waals surface area contributed by atoms with Crippen LogP contribution in [0.25, 0.3) is 6.08 Å². The van der Waals surface area contributed by atoms with Crippen LogP contribution in [0, 0.1) is 11.6 Å². The molecule has 0 atom stereocenters. The maximum absolute atomic E-state index is 13.6. The lowest BCUT2D eigenvalue weighted by Gasteiger charge is -2.06. The molecule has 0 aliphatic rings. The SMILES string of the molecule is CCOc1ccc(/C=C/COC(C)=O)c(F)c1F. The smallest absolute Gasteiger partial charge is 0.302 e. The van der Waals surface area contributed by atoms with Crippen molar-refractivity contribution in [3.8, 4) is 5.75 Å². The van der Waals surface area contributed by atoms with Crippen molar-refractivity contribution in [1.82, 2.24) is 0 Å². The van der Waals surface area contributed by atoms with Crippen LogP contribution in [0.5, 0.6) is 5.75 Å². The summed E-state index contributed by atoms with van der Waals surface area (Å²) in [4.78, 5) is 10.5. The molecule has 0 aliphatic heterocycles. The molecule has 5 heteroatoms. The molecule has 0 N–H and O–H groups in total. The van der Waals surface area contributed by atoms with E-state index in [0.717, 1.165) is 0 Å². The summed E-state index contributed by atoms with van der Waals surface area (Å²) in [6.07, 6.45) is 2.77. The number of rotatable bonds is 5. The molecule has 1 aromatic rings. The van der Waals surface area contributed by atoms with E-state index < -0.39 is 17.6 Å². The molecule has 0 saturated heterocycles. The van der Waals surface area contributed by atoms with E-state index in [2.05, 4.69) is 4.74 Å². The predicted molar refractivity (Wildman–Crippen MR) is 63.2 cm³/mol. The summed E-state index contributed by atoms with van der Waals surface area (Å²) in [5, 5.41) is 0. The minimum Gasteiger partial charge on any atom is -0.491 e. The first-order chi connectivity index (χ1) is 8.56. The van der Waals surface area contributed by atoms with E-state index in [9.17, 15) is 13.6 Å². The van der Waals surface area contributed by atoms with Gasteiger partial charge in [0.2, 0.25) is 5.82 Å². The molecule has 1 rings (SSSR count). The first kappa shape index (κ1) is 14.2. The van der Waals surface area contributed by atoms with Crippen LogP contribution >= 0.6 is 0 Å². The highest BCUT2D eigenvalue weighted by Crippen LogP contribution is 2.23. The van der Waals surface area contributed by atoms with Crippen molar-refractivity contribution in [2.45, 2.75) is 13.8 Å². The Bertz CT molecular complexity index is 456. The second kappa shape index (κ2) is 6.74. The fourth-order valence-electron chi connectivity index (χ4n) is 1.28. The Labute approximate surface area is 104 Å². The highest BCUT2D eigenvalue weighted by atomic mass is 19.2. The Morgan fingerprint density at radius 3 is 2.67 bits per heavy atom. The molecule has 98 valence electrons. The van der Waals surface area contributed by atoms with Crippen LogP contribution in [0.2, 0.25) is 0 Å². The number of esters is 1. The molecule has 0 spiro atoms. The molecule has 0 heterocycles. The largest absolute Gasteiger partial charge is 0.491 e. The van der Waals surface area contributed by atoms with Crippen LogP contribution < -0.4 is 4.74 Å². The lowest BCUT2D eigenvalue weighted by Crippen LogP contribution is -1.99. The van der Waals surface area contributed by atoms with Gasteiger partial charge in [0, 0.05) is 12.5 Å². The predicted octanol–water partition coefficient (Wildman–Crippen LogP) is 2.94. The van der Waals surface area contributed by atoms with Gasteiger partial charge in [-0.15, -0.1) is 0 Å². The van der Waals surface area contributed by atoms with Crippen molar-refractivity contribution in [3.05, 3.63) is 35.4 Å². The summed E-state index contributed by atoms with van der Waals surface area (Å²) in [5.74, 6) is -2.56. The minimum absolute atomic E-state index is 0.0175. The Morgan fingerprint density at radius 1 is 1.33 bits per heavy atom. The third-order valence-corrected chi connectivity index (χ3v) is 2.06. The molecule has 0 radical (unpaired) electrons. The van der Waals surface area contributed by atoms with Gasteiger partial charge in [0.15, 0.2) is 11.6 Å². The molecule has 0 aromatic heterocycles. The molecular weight excluding hydrogens is 242 g/mol. The van der Waals surface area contributed by atoms with Crippen LogP contribution in [0.4, 0.5) is 8.78 Å². The zero-order valence-corrected chi connectivity index (χ0v) is 10.2. The van der Waals surface area contributed by atoms with Crippen LogP contribution in [0.15, 0.2) is 18.2 Å². The average Bonchev–Trinajstić information content (AvgIpc) is 2.33. The van der Waals surface area contributed by atoms with Gasteiger partial charge in [0.1, 0.15) is 6.61 Å². The summed E-state index contributed by atoms with van der Waals surface area (Å²) in [6.45, 7) is 3.23. The Balaban J connectivity index is 2.78. The number of carbonyl (C=O) groups is 1. The van der Waals surface area contributed by atoms with Crippen molar-refractivity contribution in [2.24, 2.45) is 0 Å². The maximum atomic E-state index is 13.6. The van der Waals surface area contributed by atoms with Gasteiger partial charge >= 0.3 is 5.97 Å². The lowest BCUT2D eigenvalue weighted by atomic mass is 10.2. The molecular formula is C13H14F2O3. The van der Waals surface area contributed by atoms with E-state index in [4.69, 9.17) is 4.74 Å². The summed E-state index contributed by atoms with van der Waals surface area (Å²) < 4.78 is 36.6. The van der Waals surface area contributed by atoms with Gasteiger partial charge in [-0.3, -0.25) is 4.79 Å². The maximum Gasteiger partial charge on any atom is 0.302 e. The molecule has 1 aromatic carbocycles. The molecule has 0 saturated carbocycles. The van der Waals surface area contributed by atoms with Crippen molar-refractivity contribution < 1.29 is 23.0 Å². The molecule has 0 unspecified atom stereocenters. The summed E-state index contributed by atoms with van der Waals surface area (Å²) >= 11 is 0. The minimum atomic E-state index is -1.02. The van der Waals surface area contributed by atoms with Gasteiger partial charge in [-0.05, 0) is 25.1 Å². The van der Waals surface area contributed by atoms with Crippen molar-refractivity contribution in [2.75, 3.05) is 13.2 Å². The van der Waals surface area contributed by atoms with Gasteiger partial charge in [0.25, 0.3) is 0 Å². The standard InChI is InChI=1S/C13H14F2O3/c1-3-17-11-7-6-10(12(14)13(11)15)5-4-8-18-9(2)16/h4-7H,3,8H2,1-2H3/b5-4+. The van der Waals surface area contributed by atoms with Gasteiger partial charge in [0.05, 0.1) is 6.61 Å². The van der Waals surface area contributed by atoms with Gasteiger partial charge in [-0.25, -0.2) is 4.39 Å². The first-order valence-corrected chi connectivity index (χ1v) is 5.47. The average molecular weight is 256 g/mol. The number of carbonyl (C=O) groups excluding carboxylic acids is 1. The molecule has 18 heavy (non-hydrogen) atoms. The quantitative estimate of drug-likeness (QED) is 0.760. The normalized spacial score (nSPS) is 10.7. The van der Waals surface area contributed by atoms with Gasteiger partial charge < -0.3 is 9.47 Å². The van der Waals surface area contributed by atoms with Crippen molar-refractivity contribution in [1.29, 1.82) is 0 Å². The summed E-state index contributed by atoms with van der Waals surface area (Å²) in [6, 6.07) is 2.75. The third-order valence-electron chi connectivity index (χ3n) is 2.06. The molecule has 0 aliphatic carbocycles. The van der Waals surface area contributed by atoms with Crippen LogP contribution in [-0.2, 0) is 9.53 Å². The lowest BCUT2D eigenvalue weighted by molar-refractivity contribution is -0.139. The van der Waals surface area contributed by atoms with Crippen LogP contribution in [0.3, 0.4) is 0 Å². The Morgan fingerprint density at radius 2 is 2.06 bits per heavy atom. The van der Waals surface area contributed by atoms with E-state index in [0.29, 0.717) is 0 Å². The van der Waals surface area contributed by atoms with E-state index in [1.165, 1.54) is 31.2 Å². The zero-order chi connectivity index (χ0) is 13.5. The fraction of sp³-hybridized carbons (Fsp3) is 0.308.